The molecule has 0 unspecified atom stereocenters. The average Bonchev–Trinajstić information content (AvgIpc) is 3.16. The van der Waals surface area contributed by atoms with E-state index in [-0.39, 0.29) is 8.29 Å². The molecule has 0 aliphatic heterocycles. The maximum Gasteiger partial charge on any atom is -0.0809 e. The van der Waals surface area contributed by atoms with Crippen molar-refractivity contribution in [1.82, 2.24) is 0 Å². The summed E-state index contributed by atoms with van der Waals surface area (Å²) in [5, 5.41) is 5.32. The Hall–Kier alpha value is -1.24. The summed E-state index contributed by atoms with van der Waals surface area (Å²) in [7, 11) is 0. The molecule has 22 heavy (non-hydrogen) atoms. The first kappa shape index (κ1) is 17.1. The molecule has 0 spiro atoms. The second-order valence-electron chi connectivity index (χ2n) is 5.31. The fraction of sp³-hybridized carbons (Fsp3) is 0.100. The van der Waals surface area contributed by atoms with E-state index in [0.717, 1.165) is 0 Å². The molecule has 0 fully saturated rings. The molecule has 0 radical (unpaired) electrons. The van der Waals surface area contributed by atoms with E-state index >= 15 is 0 Å². The van der Waals surface area contributed by atoms with Crippen molar-refractivity contribution in [1.29, 1.82) is 0 Å². The maximum atomic E-state index is 2.31. The van der Waals surface area contributed by atoms with Gasteiger partial charge in [-0.1, -0.05) is 12.1 Å². The van der Waals surface area contributed by atoms with Gasteiger partial charge in [0.15, 0.2) is 0 Å². The number of hydrogen-bond donors (Lipinski definition) is 0. The topological polar surface area (TPSA) is 0 Å². The first-order chi connectivity index (χ1) is 10.7. The molecule has 112 valence electrons. The fourth-order valence-electron chi connectivity index (χ4n) is 2.14. The predicted molar refractivity (Wildman–Crippen MR) is 98.8 cm³/mol. The molecule has 0 N–H and O–H groups in total. The smallest absolute Gasteiger partial charge is 0.0809 e. The van der Waals surface area contributed by atoms with Crippen LogP contribution >= 0.6 is 0 Å². The van der Waals surface area contributed by atoms with Crippen molar-refractivity contribution in [3.8, 4) is 0 Å². The zero-order chi connectivity index (χ0) is 15.8. The molecule has 0 bridgehead atoms. The van der Waals surface area contributed by atoms with E-state index in [0.29, 0.717) is 0 Å². The van der Waals surface area contributed by atoms with Crippen LogP contribution in [-0.4, -0.2) is 5.43 Å². The quantitative estimate of drug-likeness (QED) is 0.254. The number of rotatable bonds is 0. The normalized spacial score (nSPS) is 9.64. The van der Waals surface area contributed by atoms with Crippen molar-refractivity contribution in [3.05, 3.63) is 84.9 Å². The van der Waals surface area contributed by atoms with Gasteiger partial charge in [0, 0.05) is 0 Å². The first-order valence-corrected chi connectivity index (χ1v) is 13.6. The molecule has 4 rings (SSSR count). The largest absolute Gasteiger partial charge is 1.00 e. The minimum Gasteiger partial charge on any atom is -1.00 e. The van der Waals surface area contributed by atoms with Gasteiger partial charge in [-0.25, -0.2) is 0 Å². The summed E-state index contributed by atoms with van der Waals surface area (Å²) in [6.45, 7) is 4.62. The summed E-state index contributed by atoms with van der Waals surface area (Å²) in [5.74, 6) is 0. The monoisotopic (exact) mass is 380 g/mol. The summed E-state index contributed by atoms with van der Waals surface area (Å²) in [4.78, 5) is 0. The molecule has 0 atom stereocenters. The van der Waals surface area contributed by atoms with Crippen LogP contribution in [0.2, 0.25) is 13.1 Å². The minimum absolute atomic E-state index is 0. The Bertz CT molecular complexity index is 718. The van der Waals surface area contributed by atoms with Crippen molar-refractivity contribution in [2.45, 2.75) is 13.1 Å². The molecular formula is C20H22SiZr-2. The second kappa shape index (κ2) is 9.02. The zero-order valence-electron chi connectivity index (χ0n) is 15.1. The van der Waals surface area contributed by atoms with Gasteiger partial charge >= 0.3 is 41.9 Å². The summed E-state index contributed by atoms with van der Waals surface area (Å²) in [5.41, 5.74) is 0.210. The number of hydrogen-bond acceptors (Lipinski definition) is 0. The van der Waals surface area contributed by atoms with E-state index in [2.05, 4.69) is 98.0 Å². The van der Waals surface area contributed by atoms with Crippen molar-refractivity contribution < 1.29 is 26.2 Å². The van der Waals surface area contributed by atoms with Gasteiger partial charge in [0.1, 0.15) is 0 Å². The molecule has 0 amide bonds. The Morgan fingerprint density at radius 3 is 1.45 bits per heavy atom. The van der Waals surface area contributed by atoms with E-state index in [1.807, 2.05) is 0 Å². The molecule has 0 nitrogen and oxygen atoms in total. The van der Waals surface area contributed by atoms with Crippen molar-refractivity contribution in [2.75, 3.05) is 0 Å². The minimum atomic E-state index is 0. The average molecular weight is 382 g/mol. The van der Waals surface area contributed by atoms with Gasteiger partial charge in [0.2, 0.25) is 0 Å². The fourth-order valence-corrected chi connectivity index (χ4v) is 2.14. The molecule has 0 aromatic heterocycles. The first-order valence-electron chi connectivity index (χ1n) is 7.39. The Balaban J connectivity index is 0.000000341. The summed E-state index contributed by atoms with van der Waals surface area (Å²) in [6, 6.07) is 29.3. The van der Waals surface area contributed by atoms with Gasteiger partial charge in [-0.15, -0.1) is 59.3 Å². The van der Waals surface area contributed by atoms with Crippen LogP contribution in [-0.2, 0) is 23.3 Å². The Morgan fingerprint density at radius 1 is 0.727 bits per heavy atom. The van der Waals surface area contributed by atoms with E-state index in [4.69, 9.17) is 0 Å². The third kappa shape index (κ3) is 5.51. The predicted octanol–water partition coefficient (Wildman–Crippen LogP) is 6.13. The van der Waals surface area contributed by atoms with Crippen LogP contribution in [0.3, 0.4) is 0 Å². The molecular weight excluding hydrogens is 360 g/mol. The maximum absolute atomic E-state index is 2.31. The Morgan fingerprint density at radius 2 is 1.09 bits per heavy atom. The van der Waals surface area contributed by atoms with E-state index in [1.165, 1.54) is 21.5 Å². The molecule has 0 saturated heterocycles. The van der Waals surface area contributed by atoms with E-state index < -0.39 is 0 Å². The molecule has 0 saturated carbocycles. The van der Waals surface area contributed by atoms with Gasteiger partial charge in [0.25, 0.3) is 0 Å². The molecule has 4 aromatic rings. The number of fused-ring (bicyclic) bond motifs is 2. The molecule has 0 aliphatic rings. The Kier molecular flexibility index (Phi) is 7.02. The zero-order valence-corrected chi connectivity index (χ0v) is 16.5. The summed E-state index contributed by atoms with van der Waals surface area (Å²) >= 11 is 1.74. The van der Waals surface area contributed by atoms with Gasteiger partial charge in [-0.05, 0) is 0 Å². The van der Waals surface area contributed by atoms with Crippen molar-refractivity contribution >= 4 is 27.0 Å². The molecule has 0 aliphatic carbocycles. The third-order valence-corrected chi connectivity index (χ3v) is 3.10. The standard InChI is InChI=1S/2C9H7.C2H6Si.Zr.2H/c2*1-2-5-9-7-3-6-8(9)4-1;1-3-2;;;/h2*1-7H;1-2H3;;;/q2*-1;;+2;2*-1. The SMILES string of the molecule is C[Si](C)=[Zr+2].[H-].[H-].c1ccc2[cH-]ccc2c1.c1ccc2[cH-]ccc2c1. The van der Waals surface area contributed by atoms with Gasteiger partial charge in [-0.3, -0.25) is 0 Å². The Labute approximate surface area is 150 Å². The van der Waals surface area contributed by atoms with E-state index in [1.54, 1.807) is 23.3 Å². The van der Waals surface area contributed by atoms with Gasteiger partial charge in [-0.2, -0.15) is 35.0 Å². The van der Waals surface area contributed by atoms with Crippen LogP contribution in [0.5, 0.6) is 0 Å². The van der Waals surface area contributed by atoms with E-state index in [9.17, 15) is 0 Å². The summed E-state index contributed by atoms with van der Waals surface area (Å²) in [6.07, 6.45) is 0. The van der Waals surface area contributed by atoms with Crippen LogP contribution in [0.4, 0.5) is 0 Å². The van der Waals surface area contributed by atoms with Crippen LogP contribution in [0.15, 0.2) is 84.9 Å². The third-order valence-electron chi connectivity index (χ3n) is 3.10. The second-order valence-corrected chi connectivity index (χ2v) is 14.7. The van der Waals surface area contributed by atoms with Gasteiger partial charge in [0.05, 0.1) is 0 Å². The van der Waals surface area contributed by atoms with Crippen molar-refractivity contribution in [3.63, 3.8) is 0 Å². The van der Waals surface area contributed by atoms with Crippen molar-refractivity contribution in [2.24, 2.45) is 0 Å². The molecule has 2 heteroatoms. The van der Waals surface area contributed by atoms with Crippen LogP contribution in [0.25, 0.3) is 21.5 Å². The number of benzene rings is 2. The summed E-state index contributed by atoms with van der Waals surface area (Å²) < 4.78 is 0. The van der Waals surface area contributed by atoms with Crippen LogP contribution in [0.1, 0.15) is 2.85 Å². The molecule has 4 aromatic carbocycles. The molecule has 0 heterocycles. The van der Waals surface area contributed by atoms with Gasteiger partial charge < -0.3 is 2.85 Å². The van der Waals surface area contributed by atoms with Crippen LogP contribution < -0.4 is 0 Å². The van der Waals surface area contributed by atoms with Crippen LogP contribution in [0, 0.1) is 0 Å².